The van der Waals surface area contributed by atoms with Gasteiger partial charge in [-0.3, -0.25) is 4.98 Å². The molecule has 10 heavy (non-hydrogen) atoms. The molecule has 0 saturated carbocycles. The molecule has 1 atom stereocenters. The van der Waals surface area contributed by atoms with E-state index in [1.165, 1.54) is 0 Å². The molecular weight excluding hydrogens is 126 g/mol. The standard InChI is InChI=1S/C8H11NO/c1-7(10-2)8-3-5-9-6-4-8/h3-7H,1-2H3. The van der Waals surface area contributed by atoms with Gasteiger partial charge in [0.1, 0.15) is 0 Å². The van der Waals surface area contributed by atoms with Crippen LogP contribution in [0.15, 0.2) is 24.5 Å². The smallest absolute Gasteiger partial charge is 0.0794 e. The number of methoxy groups -OCH3 is 1. The average molecular weight is 137 g/mol. The van der Waals surface area contributed by atoms with Crippen LogP contribution < -0.4 is 0 Å². The van der Waals surface area contributed by atoms with Crippen LogP contribution in [-0.4, -0.2) is 12.1 Å². The third-order valence-corrected chi connectivity index (χ3v) is 1.53. The Morgan fingerprint density at radius 1 is 1.40 bits per heavy atom. The summed E-state index contributed by atoms with van der Waals surface area (Å²) in [4.78, 5) is 3.91. The van der Waals surface area contributed by atoms with Crippen molar-refractivity contribution in [2.75, 3.05) is 7.11 Å². The van der Waals surface area contributed by atoms with Gasteiger partial charge in [0.2, 0.25) is 0 Å². The minimum absolute atomic E-state index is 0.169. The van der Waals surface area contributed by atoms with Crippen molar-refractivity contribution >= 4 is 0 Å². The summed E-state index contributed by atoms with van der Waals surface area (Å²) < 4.78 is 5.11. The Morgan fingerprint density at radius 3 is 2.50 bits per heavy atom. The first kappa shape index (κ1) is 7.22. The first-order valence-corrected chi connectivity index (χ1v) is 3.27. The minimum Gasteiger partial charge on any atom is -0.377 e. The second-order valence-electron chi connectivity index (χ2n) is 2.16. The second kappa shape index (κ2) is 3.32. The Labute approximate surface area is 60.9 Å². The highest BCUT2D eigenvalue weighted by molar-refractivity contribution is 5.12. The minimum atomic E-state index is 0.169. The number of rotatable bonds is 2. The highest BCUT2D eigenvalue weighted by atomic mass is 16.5. The lowest BCUT2D eigenvalue weighted by Crippen LogP contribution is -1.94. The summed E-state index contributed by atoms with van der Waals surface area (Å²) in [5, 5.41) is 0. The van der Waals surface area contributed by atoms with E-state index in [0.717, 1.165) is 5.56 Å². The molecule has 1 rings (SSSR count). The number of ether oxygens (including phenoxy) is 1. The van der Waals surface area contributed by atoms with Crippen LogP contribution in [0.2, 0.25) is 0 Å². The van der Waals surface area contributed by atoms with E-state index in [4.69, 9.17) is 4.74 Å². The van der Waals surface area contributed by atoms with Gasteiger partial charge in [0.05, 0.1) is 6.10 Å². The molecule has 0 saturated heterocycles. The van der Waals surface area contributed by atoms with Crippen molar-refractivity contribution in [3.8, 4) is 0 Å². The molecule has 1 aromatic heterocycles. The number of aromatic nitrogens is 1. The molecule has 1 heterocycles. The first-order valence-electron chi connectivity index (χ1n) is 3.27. The predicted molar refractivity (Wildman–Crippen MR) is 39.7 cm³/mol. The summed E-state index contributed by atoms with van der Waals surface area (Å²) in [5.41, 5.74) is 1.16. The molecule has 1 aromatic rings. The molecule has 0 spiro atoms. The molecule has 0 radical (unpaired) electrons. The van der Waals surface area contributed by atoms with Crippen molar-refractivity contribution in [3.05, 3.63) is 30.1 Å². The quantitative estimate of drug-likeness (QED) is 0.620. The molecular formula is C8H11NO. The van der Waals surface area contributed by atoms with E-state index in [9.17, 15) is 0 Å². The van der Waals surface area contributed by atoms with Crippen molar-refractivity contribution in [1.29, 1.82) is 0 Å². The van der Waals surface area contributed by atoms with Crippen LogP contribution in [0.5, 0.6) is 0 Å². The molecule has 0 N–H and O–H groups in total. The van der Waals surface area contributed by atoms with E-state index >= 15 is 0 Å². The Balaban J connectivity index is 2.75. The molecule has 2 nitrogen and oxygen atoms in total. The van der Waals surface area contributed by atoms with Gasteiger partial charge in [-0.2, -0.15) is 0 Å². The number of nitrogens with zero attached hydrogens (tertiary/aromatic N) is 1. The third kappa shape index (κ3) is 1.54. The lowest BCUT2D eigenvalue weighted by atomic mass is 10.2. The van der Waals surface area contributed by atoms with Crippen LogP contribution in [-0.2, 0) is 4.74 Å². The summed E-state index contributed by atoms with van der Waals surface area (Å²) in [5.74, 6) is 0. The van der Waals surface area contributed by atoms with Gasteiger partial charge in [-0.25, -0.2) is 0 Å². The number of hydrogen-bond acceptors (Lipinski definition) is 2. The lowest BCUT2D eigenvalue weighted by molar-refractivity contribution is 0.119. The van der Waals surface area contributed by atoms with E-state index in [-0.39, 0.29) is 6.10 Å². The Bertz CT molecular complexity index is 186. The average Bonchev–Trinajstić information content (AvgIpc) is 2.05. The van der Waals surface area contributed by atoms with Crippen molar-refractivity contribution in [2.45, 2.75) is 13.0 Å². The summed E-state index contributed by atoms with van der Waals surface area (Å²) in [6.07, 6.45) is 3.71. The van der Waals surface area contributed by atoms with Gasteiger partial charge in [-0.05, 0) is 24.6 Å². The highest BCUT2D eigenvalue weighted by Gasteiger charge is 1.99. The Kier molecular flexibility index (Phi) is 2.40. The van der Waals surface area contributed by atoms with Crippen LogP contribution in [0.4, 0.5) is 0 Å². The van der Waals surface area contributed by atoms with Gasteiger partial charge in [0.25, 0.3) is 0 Å². The largest absolute Gasteiger partial charge is 0.377 e. The Morgan fingerprint density at radius 2 is 2.00 bits per heavy atom. The summed E-state index contributed by atoms with van der Waals surface area (Å²) in [6, 6.07) is 3.91. The molecule has 0 aliphatic rings. The van der Waals surface area contributed by atoms with Crippen LogP contribution in [0.1, 0.15) is 18.6 Å². The molecule has 1 unspecified atom stereocenters. The zero-order valence-electron chi connectivity index (χ0n) is 6.24. The molecule has 0 amide bonds. The maximum Gasteiger partial charge on any atom is 0.0794 e. The number of pyridine rings is 1. The highest BCUT2D eigenvalue weighted by Crippen LogP contribution is 2.12. The zero-order valence-corrected chi connectivity index (χ0v) is 6.24. The van der Waals surface area contributed by atoms with Gasteiger partial charge in [0, 0.05) is 19.5 Å². The van der Waals surface area contributed by atoms with Crippen molar-refractivity contribution in [1.82, 2.24) is 4.98 Å². The van der Waals surface area contributed by atoms with Crippen molar-refractivity contribution in [3.63, 3.8) is 0 Å². The van der Waals surface area contributed by atoms with E-state index in [2.05, 4.69) is 4.98 Å². The fraction of sp³-hybridized carbons (Fsp3) is 0.375. The molecule has 54 valence electrons. The van der Waals surface area contributed by atoms with E-state index < -0.39 is 0 Å². The zero-order chi connectivity index (χ0) is 7.40. The summed E-state index contributed by atoms with van der Waals surface area (Å²) >= 11 is 0. The second-order valence-corrected chi connectivity index (χ2v) is 2.16. The van der Waals surface area contributed by atoms with Crippen LogP contribution in [0.25, 0.3) is 0 Å². The summed E-state index contributed by atoms with van der Waals surface area (Å²) in [7, 11) is 1.70. The fourth-order valence-electron chi connectivity index (χ4n) is 0.771. The molecule has 0 aliphatic heterocycles. The first-order chi connectivity index (χ1) is 4.84. The Hall–Kier alpha value is -0.890. The van der Waals surface area contributed by atoms with Crippen molar-refractivity contribution < 1.29 is 4.74 Å². The molecule has 0 aliphatic carbocycles. The normalized spacial score (nSPS) is 13.0. The molecule has 0 bridgehead atoms. The van der Waals surface area contributed by atoms with E-state index in [1.807, 2.05) is 19.1 Å². The van der Waals surface area contributed by atoms with Crippen LogP contribution in [0.3, 0.4) is 0 Å². The summed E-state index contributed by atoms with van der Waals surface area (Å²) in [6.45, 7) is 2.01. The maximum absolute atomic E-state index is 5.11. The van der Waals surface area contributed by atoms with Crippen LogP contribution in [0, 0.1) is 0 Å². The van der Waals surface area contributed by atoms with Gasteiger partial charge < -0.3 is 4.74 Å². The monoisotopic (exact) mass is 137 g/mol. The topological polar surface area (TPSA) is 22.1 Å². The maximum atomic E-state index is 5.11. The van der Waals surface area contributed by atoms with Crippen LogP contribution >= 0.6 is 0 Å². The van der Waals surface area contributed by atoms with Gasteiger partial charge in [-0.15, -0.1) is 0 Å². The van der Waals surface area contributed by atoms with E-state index in [1.54, 1.807) is 19.5 Å². The SMILES string of the molecule is COC(C)c1ccncc1. The number of hydrogen-bond donors (Lipinski definition) is 0. The fourth-order valence-corrected chi connectivity index (χ4v) is 0.771. The predicted octanol–water partition coefficient (Wildman–Crippen LogP) is 1.79. The lowest BCUT2D eigenvalue weighted by Gasteiger charge is -2.07. The van der Waals surface area contributed by atoms with Gasteiger partial charge >= 0.3 is 0 Å². The van der Waals surface area contributed by atoms with Gasteiger partial charge in [-0.1, -0.05) is 0 Å². The van der Waals surface area contributed by atoms with Crippen molar-refractivity contribution in [2.24, 2.45) is 0 Å². The molecule has 2 heteroatoms. The molecule has 0 aromatic carbocycles. The van der Waals surface area contributed by atoms with E-state index in [0.29, 0.717) is 0 Å². The van der Waals surface area contributed by atoms with Gasteiger partial charge in [0.15, 0.2) is 0 Å². The molecule has 0 fully saturated rings. The third-order valence-electron chi connectivity index (χ3n) is 1.53.